The van der Waals surface area contributed by atoms with E-state index in [2.05, 4.69) is 30.2 Å². The molecule has 0 spiro atoms. The summed E-state index contributed by atoms with van der Waals surface area (Å²) in [5.41, 5.74) is 3.20. The summed E-state index contributed by atoms with van der Waals surface area (Å²) < 4.78 is 5.77. The molecule has 0 aliphatic rings. The Morgan fingerprint density at radius 2 is 2.05 bits per heavy atom. The number of benzene rings is 1. The molecule has 0 bridgehead atoms. The minimum absolute atomic E-state index is 0.465. The van der Waals surface area contributed by atoms with Gasteiger partial charge in [0.15, 0.2) is 0 Å². The Hall–Kier alpha value is -1.58. The fourth-order valence-electron chi connectivity index (χ4n) is 1.98. The molecule has 1 N–H and O–H groups in total. The molecule has 0 saturated carbocycles. The van der Waals surface area contributed by atoms with Crippen LogP contribution in [0, 0.1) is 0 Å². The highest BCUT2D eigenvalue weighted by Gasteiger charge is 2.02. The number of pyridine rings is 1. The summed E-state index contributed by atoms with van der Waals surface area (Å²) >= 11 is 6.10. The molecule has 21 heavy (non-hydrogen) atoms. The zero-order chi connectivity index (χ0) is 15.1. The minimum atomic E-state index is 0.465. The Bertz CT molecular complexity index is 570. The lowest BCUT2D eigenvalue weighted by molar-refractivity contribution is 0.301. The molecule has 1 heterocycles. The summed E-state index contributed by atoms with van der Waals surface area (Å²) in [6.45, 7) is 6.44. The molecule has 2 rings (SSSR count). The highest BCUT2D eigenvalue weighted by molar-refractivity contribution is 6.31. The average Bonchev–Trinajstić information content (AvgIpc) is 2.53. The lowest BCUT2D eigenvalue weighted by Crippen LogP contribution is -2.12. The molecule has 0 fully saturated rings. The standard InChI is InChI=1S/C17H21ClN2O/c1-3-14-9-16(7-8-17(14)18)21-12-15-6-5-13(11-20-15)10-19-4-2/h5-9,11,19H,3-4,10,12H2,1-2H3. The van der Waals surface area contributed by atoms with Crippen molar-refractivity contribution in [2.75, 3.05) is 6.54 Å². The van der Waals surface area contributed by atoms with E-state index < -0.39 is 0 Å². The van der Waals surface area contributed by atoms with E-state index in [-0.39, 0.29) is 0 Å². The first-order valence-electron chi connectivity index (χ1n) is 7.28. The van der Waals surface area contributed by atoms with E-state index in [1.54, 1.807) is 0 Å². The van der Waals surface area contributed by atoms with Crippen LogP contribution in [0.4, 0.5) is 0 Å². The number of aromatic nitrogens is 1. The second kappa shape index (κ2) is 8.01. The number of halogens is 1. The van der Waals surface area contributed by atoms with Crippen molar-refractivity contribution >= 4 is 11.6 Å². The summed E-state index contributed by atoms with van der Waals surface area (Å²) in [7, 11) is 0. The number of nitrogens with zero attached hydrogens (tertiary/aromatic N) is 1. The van der Waals surface area contributed by atoms with Gasteiger partial charge >= 0.3 is 0 Å². The van der Waals surface area contributed by atoms with Gasteiger partial charge in [0, 0.05) is 17.8 Å². The number of aryl methyl sites for hydroxylation is 1. The monoisotopic (exact) mass is 304 g/mol. The Labute approximate surface area is 131 Å². The quantitative estimate of drug-likeness (QED) is 0.840. The number of hydrogen-bond acceptors (Lipinski definition) is 3. The highest BCUT2D eigenvalue weighted by atomic mass is 35.5. The third kappa shape index (κ3) is 4.73. The van der Waals surface area contributed by atoms with Gasteiger partial charge in [0.25, 0.3) is 0 Å². The second-order valence-corrected chi connectivity index (χ2v) is 5.24. The van der Waals surface area contributed by atoms with Gasteiger partial charge in [-0.2, -0.15) is 0 Å². The first-order chi connectivity index (χ1) is 10.2. The van der Waals surface area contributed by atoms with Gasteiger partial charge in [-0.1, -0.05) is 31.5 Å². The molecule has 0 aliphatic heterocycles. The van der Waals surface area contributed by atoms with E-state index >= 15 is 0 Å². The Morgan fingerprint density at radius 1 is 1.19 bits per heavy atom. The lowest BCUT2D eigenvalue weighted by atomic mass is 10.1. The number of ether oxygens (including phenoxy) is 1. The van der Waals surface area contributed by atoms with Crippen LogP contribution < -0.4 is 10.1 Å². The van der Waals surface area contributed by atoms with Crippen LogP contribution >= 0.6 is 11.6 Å². The fourth-order valence-corrected chi connectivity index (χ4v) is 2.23. The Balaban J connectivity index is 1.93. The topological polar surface area (TPSA) is 34.1 Å². The van der Waals surface area contributed by atoms with Crippen molar-refractivity contribution in [1.82, 2.24) is 10.3 Å². The minimum Gasteiger partial charge on any atom is -0.487 e. The SMILES string of the molecule is CCNCc1ccc(COc2ccc(Cl)c(CC)c2)nc1. The van der Waals surface area contributed by atoms with Crippen LogP contribution in [0.1, 0.15) is 30.7 Å². The molecular weight excluding hydrogens is 284 g/mol. The van der Waals surface area contributed by atoms with Gasteiger partial charge in [0.1, 0.15) is 12.4 Å². The first kappa shape index (κ1) is 15.8. The predicted molar refractivity (Wildman–Crippen MR) is 86.8 cm³/mol. The van der Waals surface area contributed by atoms with Gasteiger partial charge in [0.05, 0.1) is 5.69 Å². The number of rotatable bonds is 7. The number of hydrogen-bond donors (Lipinski definition) is 1. The van der Waals surface area contributed by atoms with Crippen molar-refractivity contribution in [1.29, 1.82) is 0 Å². The van der Waals surface area contributed by atoms with Crippen molar-refractivity contribution in [3.05, 3.63) is 58.4 Å². The summed E-state index contributed by atoms with van der Waals surface area (Å²) in [4.78, 5) is 4.42. The molecule has 0 saturated heterocycles. The molecule has 2 aromatic rings. The van der Waals surface area contributed by atoms with Crippen LogP contribution in [0.25, 0.3) is 0 Å². The molecule has 4 heteroatoms. The fraction of sp³-hybridized carbons (Fsp3) is 0.353. The van der Waals surface area contributed by atoms with Crippen molar-refractivity contribution in [3.8, 4) is 5.75 Å². The van der Waals surface area contributed by atoms with Gasteiger partial charge in [-0.25, -0.2) is 0 Å². The van der Waals surface area contributed by atoms with E-state index in [9.17, 15) is 0 Å². The molecule has 0 radical (unpaired) electrons. The largest absolute Gasteiger partial charge is 0.487 e. The highest BCUT2D eigenvalue weighted by Crippen LogP contribution is 2.23. The predicted octanol–water partition coefficient (Wildman–Crippen LogP) is 3.99. The second-order valence-electron chi connectivity index (χ2n) is 4.83. The van der Waals surface area contributed by atoms with Crippen molar-refractivity contribution < 1.29 is 4.74 Å². The van der Waals surface area contributed by atoms with Gasteiger partial charge < -0.3 is 10.1 Å². The van der Waals surface area contributed by atoms with E-state index in [1.807, 2.05) is 30.5 Å². The molecule has 1 aromatic heterocycles. The van der Waals surface area contributed by atoms with E-state index in [0.29, 0.717) is 6.61 Å². The Morgan fingerprint density at radius 3 is 2.71 bits per heavy atom. The summed E-state index contributed by atoms with van der Waals surface area (Å²) in [6, 6.07) is 9.84. The van der Waals surface area contributed by atoms with Gasteiger partial charge in [-0.05, 0) is 48.4 Å². The zero-order valence-electron chi connectivity index (χ0n) is 12.5. The van der Waals surface area contributed by atoms with Crippen molar-refractivity contribution in [2.24, 2.45) is 0 Å². The normalized spacial score (nSPS) is 10.6. The van der Waals surface area contributed by atoms with Gasteiger partial charge in [0.2, 0.25) is 0 Å². The van der Waals surface area contributed by atoms with Crippen LogP contribution in [0.15, 0.2) is 36.5 Å². The maximum atomic E-state index is 6.10. The van der Waals surface area contributed by atoms with Crippen molar-refractivity contribution in [3.63, 3.8) is 0 Å². The molecular formula is C17H21ClN2O. The summed E-state index contributed by atoms with van der Waals surface area (Å²) in [5.74, 6) is 0.828. The maximum Gasteiger partial charge on any atom is 0.130 e. The third-order valence-electron chi connectivity index (χ3n) is 3.25. The third-order valence-corrected chi connectivity index (χ3v) is 3.62. The van der Waals surface area contributed by atoms with Crippen LogP contribution in [0.3, 0.4) is 0 Å². The van der Waals surface area contributed by atoms with Crippen molar-refractivity contribution in [2.45, 2.75) is 33.4 Å². The van der Waals surface area contributed by atoms with Crippen LogP contribution in [-0.4, -0.2) is 11.5 Å². The van der Waals surface area contributed by atoms with Gasteiger partial charge in [-0.3, -0.25) is 4.98 Å². The molecule has 0 amide bonds. The lowest BCUT2D eigenvalue weighted by Gasteiger charge is -2.09. The van der Waals surface area contributed by atoms with Gasteiger partial charge in [-0.15, -0.1) is 0 Å². The molecule has 3 nitrogen and oxygen atoms in total. The van der Waals surface area contributed by atoms with Crippen LogP contribution in [-0.2, 0) is 19.6 Å². The van der Waals surface area contributed by atoms with E-state index in [4.69, 9.17) is 16.3 Å². The maximum absolute atomic E-state index is 6.10. The summed E-state index contributed by atoms with van der Waals surface area (Å²) in [6.07, 6.45) is 2.79. The molecule has 1 aromatic carbocycles. The van der Waals surface area contributed by atoms with E-state index in [1.165, 1.54) is 5.56 Å². The number of nitrogens with one attached hydrogen (secondary N) is 1. The Kier molecular flexibility index (Phi) is 6.03. The van der Waals surface area contributed by atoms with Crippen LogP contribution in [0.2, 0.25) is 5.02 Å². The summed E-state index contributed by atoms with van der Waals surface area (Å²) in [5, 5.41) is 4.06. The molecule has 0 atom stereocenters. The first-order valence-corrected chi connectivity index (χ1v) is 7.66. The average molecular weight is 305 g/mol. The molecule has 0 unspecified atom stereocenters. The molecule has 0 aliphatic carbocycles. The van der Waals surface area contributed by atoms with E-state index in [0.717, 1.165) is 41.5 Å². The smallest absolute Gasteiger partial charge is 0.130 e. The molecule has 112 valence electrons. The zero-order valence-corrected chi connectivity index (χ0v) is 13.3. The van der Waals surface area contributed by atoms with Crippen LogP contribution in [0.5, 0.6) is 5.75 Å².